The second-order valence-corrected chi connectivity index (χ2v) is 9.44. The fourth-order valence-electron chi connectivity index (χ4n) is 4.34. The van der Waals surface area contributed by atoms with Gasteiger partial charge in [0.15, 0.2) is 5.43 Å². The highest BCUT2D eigenvalue weighted by Crippen LogP contribution is 2.42. The molecule has 1 amide bonds. The third-order valence-electron chi connectivity index (χ3n) is 6.23. The number of carbonyl (C=O) groups excluding carboxylic acids is 1. The lowest BCUT2D eigenvalue weighted by molar-refractivity contribution is 0.0971. The van der Waals surface area contributed by atoms with Crippen molar-refractivity contribution < 1.29 is 13.9 Å². The van der Waals surface area contributed by atoms with Crippen LogP contribution in [0.1, 0.15) is 53.1 Å². The van der Waals surface area contributed by atoms with Gasteiger partial charge in [-0.2, -0.15) is 0 Å². The van der Waals surface area contributed by atoms with Gasteiger partial charge in [-0.3, -0.25) is 14.5 Å². The number of benzene rings is 3. The molecule has 0 saturated heterocycles. The number of halogens is 2. The number of unbranched alkanes of at least 4 members (excludes halogenated alkanes) is 1. The first-order chi connectivity index (χ1) is 16.9. The minimum atomic E-state index is -0.694. The first-order valence-electron chi connectivity index (χ1n) is 11.5. The molecule has 5 nitrogen and oxygen atoms in total. The van der Waals surface area contributed by atoms with Gasteiger partial charge < -0.3 is 9.15 Å². The van der Waals surface area contributed by atoms with Gasteiger partial charge in [-0.15, -0.1) is 0 Å². The van der Waals surface area contributed by atoms with Crippen molar-refractivity contribution in [2.45, 2.75) is 32.7 Å². The first-order valence-corrected chi connectivity index (χ1v) is 12.2. The number of anilines is 1. The average Bonchev–Trinajstić information content (AvgIpc) is 3.14. The van der Waals surface area contributed by atoms with E-state index in [1.807, 2.05) is 43.3 Å². The summed E-state index contributed by atoms with van der Waals surface area (Å²) in [7, 11) is 0. The minimum absolute atomic E-state index is 0.0230. The number of nitrogens with zero attached hydrogens (tertiary/aromatic N) is 1. The number of ether oxygens (including phenoxy) is 1. The first kappa shape index (κ1) is 23.5. The Labute approximate surface area is 212 Å². The van der Waals surface area contributed by atoms with Crippen LogP contribution in [-0.2, 0) is 0 Å². The fraction of sp³-hybridized carbons (Fsp3) is 0.214. The largest absolute Gasteiger partial charge is 0.494 e. The third kappa shape index (κ3) is 4.19. The molecule has 0 radical (unpaired) electrons. The summed E-state index contributed by atoms with van der Waals surface area (Å²) >= 11 is 12.6. The van der Waals surface area contributed by atoms with Crippen LogP contribution < -0.4 is 15.1 Å². The number of fused-ring (bicyclic) bond motifs is 2. The zero-order valence-electron chi connectivity index (χ0n) is 19.3. The lowest BCUT2D eigenvalue weighted by atomic mass is 9.98. The van der Waals surface area contributed by atoms with E-state index in [9.17, 15) is 9.59 Å². The summed E-state index contributed by atoms with van der Waals surface area (Å²) in [5.41, 5.74) is 2.53. The predicted molar refractivity (Wildman–Crippen MR) is 139 cm³/mol. The zero-order valence-corrected chi connectivity index (χ0v) is 20.8. The number of hydrogen-bond donors (Lipinski definition) is 0. The molecule has 0 saturated carbocycles. The number of aryl methyl sites for hydroxylation is 1. The molecule has 0 bridgehead atoms. The van der Waals surface area contributed by atoms with E-state index in [2.05, 4.69) is 6.92 Å². The van der Waals surface area contributed by atoms with Crippen LogP contribution in [0.3, 0.4) is 0 Å². The summed E-state index contributed by atoms with van der Waals surface area (Å²) in [6.07, 6.45) is 2.01. The maximum Gasteiger partial charge on any atom is 0.295 e. The molecule has 0 fully saturated rings. The van der Waals surface area contributed by atoms with Crippen molar-refractivity contribution in [3.63, 3.8) is 0 Å². The third-order valence-corrected chi connectivity index (χ3v) is 6.87. The Kier molecular flexibility index (Phi) is 6.30. The summed E-state index contributed by atoms with van der Waals surface area (Å²) in [5.74, 6) is 0.353. The number of amides is 1. The smallest absolute Gasteiger partial charge is 0.295 e. The van der Waals surface area contributed by atoms with Crippen LogP contribution >= 0.6 is 23.2 Å². The minimum Gasteiger partial charge on any atom is -0.494 e. The quantitative estimate of drug-likeness (QED) is 0.256. The lowest BCUT2D eigenvalue weighted by Crippen LogP contribution is -2.29. The summed E-state index contributed by atoms with van der Waals surface area (Å²) in [6.45, 7) is 4.63. The Hall–Kier alpha value is -3.28. The van der Waals surface area contributed by atoms with Crippen molar-refractivity contribution in [1.82, 2.24) is 0 Å². The molecule has 0 spiro atoms. The molecule has 5 rings (SSSR count). The Morgan fingerprint density at radius 1 is 1.00 bits per heavy atom. The van der Waals surface area contributed by atoms with Crippen LogP contribution in [0.4, 0.5) is 5.69 Å². The van der Waals surface area contributed by atoms with Gasteiger partial charge in [0.25, 0.3) is 5.91 Å². The van der Waals surface area contributed by atoms with Gasteiger partial charge in [0.05, 0.1) is 23.6 Å². The van der Waals surface area contributed by atoms with Crippen LogP contribution in [0.2, 0.25) is 10.0 Å². The standard InChI is InChI=1S/C28H23Cl2NO4/c1-3-4-13-34-20-10-6-17(7-11-20)25-24-26(32)21-14-18(29)8-12-23(21)35-27(24)28(33)31(25)19-9-5-16(2)22(30)15-19/h5-12,14-15,25H,3-4,13H2,1-2H3. The normalized spacial score (nSPS) is 15.0. The molecule has 1 aliphatic heterocycles. The van der Waals surface area contributed by atoms with Gasteiger partial charge in [0.2, 0.25) is 5.76 Å². The summed E-state index contributed by atoms with van der Waals surface area (Å²) < 4.78 is 11.8. The van der Waals surface area contributed by atoms with E-state index in [0.717, 1.165) is 29.7 Å². The van der Waals surface area contributed by atoms with E-state index in [1.54, 1.807) is 29.2 Å². The molecule has 2 heterocycles. The Bertz CT molecular complexity index is 1490. The van der Waals surface area contributed by atoms with Gasteiger partial charge in [-0.05, 0) is 66.9 Å². The van der Waals surface area contributed by atoms with Gasteiger partial charge in [-0.1, -0.05) is 54.7 Å². The van der Waals surface area contributed by atoms with Gasteiger partial charge in [-0.25, -0.2) is 0 Å². The molecule has 3 aromatic carbocycles. The molecule has 1 unspecified atom stereocenters. The van der Waals surface area contributed by atoms with E-state index in [1.165, 1.54) is 0 Å². The zero-order chi connectivity index (χ0) is 24.7. The van der Waals surface area contributed by atoms with Crippen molar-refractivity contribution in [3.05, 3.63) is 103 Å². The highest BCUT2D eigenvalue weighted by molar-refractivity contribution is 6.32. The maximum atomic E-state index is 13.7. The molecule has 0 aliphatic carbocycles. The number of rotatable bonds is 6. The summed E-state index contributed by atoms with van der Waals surface area (Å²) in [5, 5.41) is 1.28. The summed E-state index contributed by atoms with van der Waals surface area (Å²) in [4.78, 5) is 28.9. The van der Waals surface area contributed by atoms with Gasteiger partial charge in [0, 0.05) is 15.7 Å². The molecule has 7 heteroatoms. The van der Waals surface area contributed by atoms with E-state index in [4.69, 9.17) is 32.4 Å². The van der Waals surface area contributed by atoms with Crippen molar-refractivity contribution in [2.24, 2.45) is 0 Å². The van der Waals surface area contributed by atoms with Crippen molar-refractivity contribution >= 4 is 45.8 Å². The molecule has 1 atom stereocenters. The highest BCUT2D eigenvalue weighted by atomic mass is 35.5. The highest BCUT2D eigenvalue weighted by Gasteiger charge is 2.43. The lowest BCUT2D eigenvalue weighted by Gasteiger charge is -2.26. The molecule has 1 aromatic heterocycles. The molecule has 35 heavy (non-hydrogen) atoms. The van der Waals surface area contributed by atoms with Crippen LogP contribution in [0.15, 0.2) is 69.9 Å². The molecule has 178 valence electrons. The van der Waals surface area contributed by atoms with Crippen molar-refractivity contribution in [2.75, 3.05) is 11.5 Å². The average molecular weight is 508 g/mol. The second-order valence-electron chi connectivity index (χ2n) is 8.60. The Balaban J connectivity index is 1.68. The van der Waals surface area contributed by atoms with Gasteiger partial charge >= 0.3 is 0 Å². The number of hydrogen-bond acceptors (Lipinski definition) is 4. The SMILES string of the molecule is CCCCOc1ccc(C2c3c(oc4ccc(Cl)cc4c3=O)C(=O)N2c2ccc(C)c(Cl)c2)cc1. The van der Waals surface area contributed by atoms with Crippen LogP contribution in [0.5, 0.6) is 5.75 Å². The van der Waals surface area contributed by atoms with E-state index in [0.29, 0.717) is 33.3 Å². The molecular weight excluding hydrogens is 485 g/mol. The number of carbonyl (C=O) groups is 1. The predicted octanol–water partition coefficient (Wildman–Crippen LogP) is 7.34. The summed E-state index contributed by atoms with van der Waals surface area (Å²) in [6, 6.07) is 17.0. The van der Waals surface area contributed by atoms with E-state index >= 15 is 0 Å². The maximum absolute atomic E-state index is 13.7. The topological polar surface area (TPSA) is 59.8 Å². The second kappa shape index (κ2) is 9.40. The molecule has 1 aliphatic rings. The van der Waals surface area contributed by atoms with Crippen molar-refractivity contribution in [1.29, 1.82) is 0 Å². The molecule has 0 N–H and O–H groups in total. The van der Waals surface area contributed by atoms with Crippen LogP contribution in [0.25, 0.3) is 11.0 Å². The van der Waals surface area contributed by atoms with Crippen LogP contribution in [-0.4, -0.2) is 12.5 Å². The van der Waals surface area contributed by atoms with E-state index in [-0.39, 0.29) is 16.8 Å². The van der Waals surface area contributed by atoms with Gasteiger partial charge in [0.1, 0.15) is 11.3 Å². The molecule has 4 aromatic rings. The Morgan fingerprint density at radius 2 is 1.77 bits per heavy atom. The molecular formula is C28H23Cl2NO4. The fourth-order valence-corrected chi connectivity index (χ4v) is 4.69. The Morgan fingerprint density at radius 3 is 2.49 bits per heavy atom. The van der Waals surface area contributed by atoms with E-state index < -0.39 is 11.9 Å². The monoisotopic (exact) mass is 507 g/mol. The van der Waals surface area contributed by atoms with Crippen molar-refractivity contribution in [3.8, 4) is 5.75 Å². The van der Waals surface area contributed by atoms with Crippen LogP contribution in [0, 0.1) is 6.92 Å².